The topological polar surface area (TPSA) is 76.7 Å². The summed E-state index contributed by atoms with van der Waals surface area (Å²) in [7, 11) is 1.59. The van der Waals surface area contributed by atoms with Crippen molar-refractivity contribution in [1.82, 2.24) is 10.6 Å². The summed E-state index contributed by atoms with van der Waals surface area (Å²) < 4.78 is 10.6. The molecule has 1 unspecified atom stereocenters. The van der Waals surface area contributed by atoms with Gasteiger partial charge in [0.2, 0.25) is 0 Å². The van der Waals surface area contributed by atoms with Crippen LogP contribution in [-0.4, -0.2) is 31.0 Å². The average molecular weight is 467 g/mol. The number of thioether (sulfide) groups is 1. The normalized spacial score (nSPS) is 19.0. The second-order valence-corrected chi connectivity index (χ2v) is 9.59. The van der Waals surface area contributed by atoms with Gasteiger partial charge in [0.15, 0.2) is 0 Å². The third-order valence-electron chi connectivity index (χ3n) is 6.01. The lowest BCUT2D eigenvalue weighted by molar-refractivity contribution is -0.138. The van der Waals surface area contributed by atoms with E-state index in [0.29, 0.717) is 27.8 Å². The molecular formula is C26H30N2O4S. The van der Waals surface area contributed by atoms with Gasteiger partial charge in [-0.2, -0.15) is 0 Å². The summed E-state index contributed by atoms with van der Waals surface area (Å²) in [5.74, 6) is 0.237. The Bertz CT molecular complexity index is 1010. The Hall–Kier alpha value is -2.93. The molecule has 7 heteroatoms. The first-order valence-electron chi connectivity index (χ1n) is 11.5. The number of rotatable bonds is 7. The van der Waals surface area contributed by atoms with Crippen LogP contribution in [0.3, 0.4) is 0 Å². The minimum Gasteiger partial charge on any atom is -0.497 e. The molecule has 1 aliphatic carbocycles. The lowest BCUT2D eigenvalue weighted by Gasteiger charge is -2.29. The smallest absolute Gasteiger partial charge is 0.338 e. The van der Waals surface area contributed by atoms with Crippen LogP contribution in [0.5, 0.6) is 5.75 Å². The van der Waals surface area contributed by atoms with E-state index in [9.17, 15) is 9.59 Å². The van der Waals surface area contributed by atoms with Gasteiger partial charge in [0.25, 0.3) is 0 Å². The Morgan fingerprint density at radius 1 is 1.03 bits per heavy atom. The number of ether oxygens (including phenoxy) is 2. The molecule has 2 N–H and O–H groups in total. The fourth-order valence-corrected chi connectivity index (χ4v) is 5.59. The van der Waals surface area contributed by atoms with E-state index in [1.807, 2.05) is 36.0 Å². The van der Waals surface area contributed by atoms with Crippen molar-refractivity contribution < 1.29 is 19.1 Å². The van der Waals surface area contributed by atoms with Gasteiger partial charge in [0.1, 0.15) is 5.75 Å². The first-order valence-corrected chi connectivity index (χ1v) is 12.4. The van der Waals surface area contributed by atoms with E-state index >= 15 is 0 Å². The first-order chi connectivity index (χ1) is 16.1. The van der Waals surface area contributed by atoms with Crippen LogP contribution >= 0.6 is 11.8 Å². The zero-order chi connectivity index (χ0) is 23.2. The van der Waals surface area contributed by atoms with Crippen LogP contribution in [0.15, 0.2) is 59.0 Å². The Balaban J connectivity index is 1.67. The highest BCUT2D eigenvalue weighted by Crippen LogP contribution is 2.36. The van der Waals surface area contributed by atoms with E-state index in [1.54, 1.807) is 26.2 Å². The molecule has 6 nitrogen and oxygen atoms in total. The number of benzene rings is 2. The van der Waals surface area contributed by atoms with Crippen molar-refractivity contribution in [3.63, 3.8) is 0 Å². The lowest BCUT2D eigenvalue weighted by atomic mass is 9.92. The fourth-order valence-electron chi connectivity index (χ4n) is 4.34. The molecule has 174 valence electrons. The van der Waals surface area contributed by atoms with E-state index < -0.39 is 12.0 Å². The molecule has 2 amide bonds. The third kappa shape index (κ3) is 5.53. The van der Waals surface area contributed by atoms with E-state index in [2.05, 4.69) is 22.8 Å². The SMILES string of the molecule is CCOC(=O)C1=C(c2ccc(OC)cc2)NC(=O)NC1c1ccc(SC2CCCCC2)cc1. The number of nitrogens with one attached hydrogen (secondary N) is 2. The highest BCUT2D eigenvalue weighted by atomic mass is 32.2. The first kappa shape index (κ1) is 23.2. The lowest BCUT2D eigenvalue weighted by Crippen LogP contribution is -2.45. The predicted octanol–water partition coefficient (Wildman–Crippen LogP) is 5.45. The van der Waals surface area contributed by atoms with Gasteiger partial charge < -0.3 is 20.1 Å². The minimum absolute atomic E-state index is 0.246. The molecule has 1 heterocycles. The molecule has 1 fully saturated rings. The molecule has 4 rings (SSSR count). The predicted molar refractivity (Wildman–Crippen MR) is 130 cm³/mol. The Morgan fingerprint density at radius 2 is 1.73 bits per heavy atom. The maximum absolute atomic E-state index is 13.0. The number of esters is 1. The van der Waals surface area contributed by atoms with Gasteiger partial charge in [-0.3, -0.25) is 0 Å². The Kier molecular flexibility index (Phi) is 7.60. The van der Waals surface area contributed by atoms with Crippen molar-refractivity contribution in [1.29, 1.82) is 0 Å². The van der Waals surface area contributed by atoms with Crippen LogP contribution < -0.4 is 15.4 Å². The van der Waals surface area contributed by atoms with Gasteiger partial charge in [-0.25, -0.2) is 9.59 Å². The molecule has 0 saturated heterocycles. The van der Waals surface area contributed by atoms with Crippen LogP contribution in [0.4, 0.5) is 4.79 Å². The number of hydrogen-bond acceptors (Lipinski definition) is 5. The van der Waals surface area contributed by atoms with Crippen molar-refractivity contribution in [2.45, 2.75) is 55.2 Å². The zero-order valence-electron chi connectivity index (χ0n) is 19.1. The molecule has 2 aromatic rings. The Morgan fingerprint density at radius 3 is 2.36 bits per heavy atom. The monoisotopic (exact) mass is 466 g/mol. The minimum atomic E-state index is -0.608. The Labute approximate surface area is 199 Å². The van der Waals surface area contributed by atoms with Gasteiger partial charge in [0.05, 0.1) is 31.0 Å². The van der Waals surface area contributed by atoms with Crippen molar-refractivity contribution in [3.8, 4) is 5.75 Å². The summed E-state index contributed by atoms with van der Waals surface area (Å²) >= 11 is 1.92. The fraction of sp³-hybridized carbons (Fsp3) is 0.385. The van der Waals surface area contributed by atoms with Gasteiger partial charge in [-0.05, 0) is 67.3 Å². The standard InChI is InChI=1S/C26H30N2O4S/c1-3-32-25(29)22-23(17-9-13-19(31-2)14-10-17)27-26(30)28-24(22)18-11-15-21(16-12-18)33-20-7-5-4-6-8-20/h9-16,20,24H,3-8H2,1-2H3,(H2,27,28,30). The van der Waals surface area contributed by atoms with Crippen LogP contribution in [0, 0.1) is 0 Å². The van der Waals surface area contributed by atoms with E-state index in [4.69, 9.17) is 9.47 Å². The maximum Gasteiger partial charge on any atom is 0.338 e. The summed E-state index contributed by atoms with van der Waals surface area (Å²) in [5, 5.41) is 6.38. The largest absolute Gasteiger partial charge is 0.497 e. The van der Waals surface area contributed by atoms with E-state index in [0.717, 1.165) is 5.56 Å². The summed E-state index contributed by atoms with van der Waals surface area (Å²) in [6.45, 7) is 2.02. The van der Waals surface area contributed by atoms with E-state index in [1.165, 1.54) is 37.0 Å². The summed E-state index contributed by atoms with van der Waals surface area (Å²) in [6.07, 6.45) is 6.47. The highest BCUT2D eigenvalue weighted by Gasteiger charge is 2.34. The molecule has 1 atom stereocenters. The van der Waals surface area contributed by atoms with Crippen LogP contribution in [-0.2, 0) is 9.53 Å². The van der Waals surface area contributed by atoms with Crippen LogP contribution in [0.25, 0.3) is 5.70 Å². The number of carbonyl (C=O) groups is 2. The average Bonchev–Trinajstić information content (AvgIpc) is 2.85. The second kappa shape index (κ2) is 10.8. The van der Waals surface area contributed by atoms with Gasteiger partial charge in [-0.1, -0.05) is 31.4 Å². The summed E-state index contributed by atoms with van der Waals surface area (Å²) in [5.41, 5.74) is 2.38. The van der Waals surface area contributed by atoms with Gasteiger partial charge >= 0.3 is 12.0 Å². The quantitative estimate of drug-likeness (QED) is 0.531. The van der Waals surface area contributed by atoms with E-state index in [-0.39, 0.29) is 12.6 Å². The molecule has 0 radical (unpaired) electrons. The van der Waals surface area contributed by atoms with Crippen LogP contribution in [0.2, 0.25) is 0 Å². The molecular weight excluding hydrogens is 436 g/mol. The van der Waals surface area contributed by atoms with Crippen molar-refractivity contribution in [3.05, 3.63) is 65.2 Å². The van der Waals surface area contributed by atoms with Crippen LogP contribution in [0.1, 0.15) is 56.2 Å². The molecule has 1 saturated carbocycles. The van der Waals surface area contributed by atoms with Gasteiger partial charge in [0, 0.05) is 10.1 Å². The molecule has 2 aliphatic rings. The number of amides is 2. The third-order valence-corrected chi connectivity index (χ3v) is 7.36. The molecule has 1 aliphatic heterocycles. The molecule has 0 spiro atoms. The van der Waals surface area contributed by atoms with Crippen molar-refractivity contribution in [2.75, 3.05) is 13.7 Å². The second-order valence-electron chi connectivity index (χ2n) is 8.22. The highest BCUT2D eigenvalue weighted by molar-refractivity contribution is 8.00. The van der Waals surface area contributed by atoms with Gasteiger partial charge in [-0.15, -0.1) is 11.8 Å². The molecule has 0 aromatic heterocycles. The zero-order valence-corrected chi connectivity index (χ0v) is 19.9. The molecule has 33 heavy (non-hydrogen) atoms. The molecule has 0 bridgehead atoms. The number of carbonyl (C=O) groups excluding carboxylic acids is 2. The summed E-state index contributed by atoms with van der Waals surface area (Å²) in [4.78, 5) is 26.8. The number of methoxy groups -OCH3 is 1. The maximum atomic E-state index is 13.0. The van der Waals surface area contributed by atoms with Crippen molar-refractivity contribution in [2.24, 2.45) is 0 Å². The number of urea groups is 1. The van der Waals surface area contributed by atoms with Crippen molar-refractivity contribution >= 4 is 29.5 Å². The number of hydrogen-bond donors (Lipinski definition) is 2. The molecule has 2 aromatic carbocycles. The summed E-state index contributed by atoms with van der Waals surface area (Å²) in [6, 6.07) is 14.4.